The lowest BCUT2D eigenvalue weighted by molar-refractivity contribution is -0.122. The van der Waals surface area contributed by atoms with Crippen LogP contribution in [-0.4, -0.2) is 36.2 Å². The summed E-state index contributed by atoms with van der Waals surface area (Å²) in [7, 11) is 0. The second kappa shape index (κ2) is 10.4. The minimum absolute atomic E-state index is 0.134. The highest BCUT2D eigenvalue weighted by atomic mass is 32.2. The highest BCUT2D eigenvalue weighted by molar-refractivity contribution is 8.26. The zero-order valence-electron chi connectivity index (χ0n) is 19.1. The molecule has 0 spiro atoms. The SMILES string of the molecule is O=C1/C(=C/c2c(NC[C@H](O)c3ccccc3)nc3ccccn3c2=O)SC(=S)N1Cc1ccccc1. The van der Waals surface area contributed by atoms with E-state index in [1.807, 2.05) is 60.7 Å². The summed E-state index contributed by atoms with van der Waals surface area (Å²) in [5.41, 5.74) is 2.04. The number of pyridine rings is 1. The molecule has 7 nitrogen and oxygen atoms in total. The third-order valence-electron chi connectivity index (χ3n) is 5.75. The Kier molecular flexibility index (Phi) is 6.95. The summed E-state index contributed by atoms with van der Waals surface area (Å²) in [6, 6.07) is 24.1. The molecule has 36 heavy (non-hydrogen) atoms. The van der Waals surface area contributed by atoms with E-state index in [0.29, 0.717) is 21.4 Å². The molecule has 2 aromatic carbocycles. The van der Waals surface area contributed by atoms with Gasteiger partial charge in [0.05, 0.1) is 23.1 Å². The molecule has 4 aromatic rings. The van der Waals surface area contributed by atoms with Crippen LogP contribution in [0, 0.1) is 0 Å². The smallest absolute Gasteiger partial charge is 0.267 e. The van der Waals surface area contributed by atoms with Crippen molar-refractivity contribution in [3.8, 4) is 0 Å². The van der Waals surface area contributed by atoms with Crippen LogP contribution in [0.3, 0.4) is 0 Å². The van der Waals surface area contributed by atoms with Crippen LogP contribution in [0.2, 0.25) is 0 Å². The molecule has 1 aliphatic rings. The first-order chi connectivity index (χ1) is 17.5. The first kappa shape index (κ1) is 23.9. The standard InChI is InChI=1S/C27H22N4O3S2/c32-21(19-11-5-2-6-12-19)16-28-24-20(25(33)30-14-8-7-13-23(30)29-24)15-22-26(34)31(27(35)36-22)17-18-9-3-1-4-10-18/h1-15,21,28,32H,16-17H2/b22-15-/t21-/m0/s1. The van der Waals surface area contributed by atoms with Crippen LogP contribution in [0.25, 0.3) is 11.7 Å². The van der Waals surface area contributed by atoms with Gasteiger partial charge in [-0.3, -0.25) is 18.9 Å². The van der Waals surface area contributed by atoms with Gasteiger partial charge in [-0.25, -0.2) is 4.98 Å². The number of thioether (sulfide) groups is 1. The highest BCUT2D eigenvalue weighted by Crippen LogP contribution is 2.34. The van der Waals surface area contributed by atoms with Crippen LogP contribution in [0.4, 0.5) is 5.82 Å². The van der Waals surface area contributed by atoms with Crippen molar-refractivity contribution < 1.29 is 9.90 Å². The van der Waals surface area contributed by atoms with Gasteiger partial charge in [0.25, 0.3) is 11.5 Å². The van der Waals surface area contributed by atoms with Gasteiger partial charge in [0.1, 0.15) is 15.8 Å². The number of aliphatic hydroxyl groups is 1. The van der Waals surface area contributed by atoms with Crippen LogP contribution in [0.1, 0.15) is 22.8 Å². The van der Waals surface area contributed by atoms with Gasteiger partial charge in [-0.15, -0.1) is 0 Å². The van der Waals surface area contributed by atoms with Crippen LogP contribution >= 0.6 is 24.0 Å². The van der Waals surface area contributed by atoms with Crippen molar-refractivity contribution in [1.29, 1.82) is 0 Å². The Balaban J connectivity index is 1.48. The molecular weight excluding hydrogens is 492 g/mol. The normalized spacial score (nSPS) is 15.6. The molecule has 180 valence electrons. The summed E-state index contributed by atoms with van der Waals surface area (Å²) in [5, 5.41) is 13.7. The Morgan fingerprint density at radius 3 is 2.44 bits per heavy atom. The van der Waals surface area contributed by atoms with Crippen molar-refractivity contribution in [2.45, 2.75) is 12.6 Å². The molecule has 0 saturated carbocycles. The molecule has 1 fully saturated rings. The molecule has 2 N–H and O–H groups in total. The van der Waals surface area contributed by atoms with E-state index in [1.54, 1.807) is 24.4 Å². The maximum absolute atomic E-state index is 13.4. The van der Waals surface area contributed by atoms with E-state index in [4.69, 9.17) is 12.2 Å². The monoisotopic (exact) mass is 514 g/mol. The Morgan fingerprint density at radius 2 is 1.69 bits per heavy atom. The van der Waals surface area contributed by atoms with E-state index < -0.39 is 6.10 Å². The van der Waals surface area contributed by atoms with Crippen molar-refractivity contribution in [3.05, 3.63) is 117 Å². The summed E-state index contributed by atoms with van der Waals surface area (Å²) in [4.78, 5) is 33.1. The maximum atomic E-state index is 13.4. The van der Waals surface area contributed by atoms with Gasteiger partial charge >= 0.3 is 0 Å². The van der Waals surface area contributed by atoms with E-state index in [9.17, 15) is 14.7 Å². The molecule has 1 saturated heterocycles. The lowest BCUT2D eigenvalue weighted by atomic mass is 10.1. The van der Waals surface area contributed by atoms with E-state index in [2.05, 4.69) is 10.3 Å². The number of carbonyl (C=O) groups is 1. The predicted octanol–water partition coefficient (Wildman–Crippen LogP) is 4.24. The minimum atomic E-state index is -0.806. The van der Waals surface area contributed by atoms with Crippen LogP contribution < -0.4 is 10.9 Å². The Labute approximate surface area is 217 Å². The van der Waals surface area contributed by atoms with E-state index in [1.165, 1.54) is 15.4 Å². The molecule has 0 radical (unpaired) electrons. The number of rotatable bonds is 7. The molecule has 0 bridgehead atoms. The number of amides is 1. The number of carbonyl (C=O) groups excluding carboxylic acids is 1. The molecule has 9 heteroatoms. The van der Waals surface area contributed by atoms with E-state index >= 15 is 0 Å². The van der Waals surface area contributed by atoms with Crippen molar-refractivity contribution in [2.24, 2.45) is 0 Å². The van der Waals surface area contributed by atoms with Crippen molar-refractivity contribution in [2.75, 3.05) is 11.9 Å². The average Bonchev–Trinajstić information content (AvgIpc) is 3.17. The first-order valence-electron chi connectivity index (χ1n) is 11.3. The number of anilines is 1. The number of thiocarbonyl (C=S) groups is 1. The lowest BCUT2D eigenvalue weighted by Gasteiger charge is -2.15. The average molecular weight is 515 g/mol. The number of hydrogen-bond donors (Lipinski definition) is 2. The van der Waals surface area contributed by atoms with Crippen molar-refractivity contribution >= 4 is 51.7 Å². The molecule has 2 aromatic heterocycles. The van der Waals surface area contributed by atoms with Gasteiger partial charge < -0.3 is 10.4 Å². The third kappa shape index (κ3) is 4.94. The maximum Gasteiger partial charge on any atom is 0.267 e. The number of aromatic nitrogens is 2. The molecule has 5 rings (SSSR count). The first-order valence-corrected chi connectivity index (χ1v) is 12.5. The van der Waals surface area contributed by atoms with Crippen LogP contribution in [-0.2, 0) is 11.3 Å². The summed E-state index contributed by atoms with van der Waals surface area (Å²) in [6.07, 6.45) is 2.36. The number of fused-ring (bicyclic) bond motifs is 1. The molecule has 1 aliphatic heterocycles. The van der Waals surface area contributed by atoms with Crippen LogP contribution in [0.15, 0.2) is 94.8 Å². The van der Waals surface area contributed by atoms with E-state index in [0.717, 1.165) is 22.9 Å². The second-order valence-electron chi connectivity index (χ2n) is 8.17. The van der Waals surface area contributed by atoms with Gasteiger partial charge in [0, 0.05) is 12.7 Å². The molecule has 0 unspecified atom stereocenters. The van der Waals surface area contributed by atoms with Crippen LogP contribution in [0.5, 0.6) is 0 Å². The summed E-state index contributed by atoms with van der Waals surface area (Å²) in [5.74, 6) is 0.0243. The number of hydrogen-bond acceptors (Lipinski definition) is 7. The molecule has 3 heterocycles. The second-order valence-corrected chi connectivity index (χ2v) is 9.84. The fraction of sp³-hybridized carbons (Fsp3) is 0.111. The lowest BCUT2D eigenvalue weighted by Crippen LogP contribution is -2.27. The number of benzene rings is 2. The summed E-state index contributed by atoms with van der Waals surface area (Å²) >= 11 is 6.63. The Hall–Kier alpha value is -3.79. The highest BCUT2D eigenvalue weighted by Gasteiger charge is 2.32. The van der Waals surface area contributed by atoms with Crippen molar-refractivity contribution in [1.82, 2.24) is 14.3 Å². The fourth-order valence-corrected chi connectivity index (χ4v) is 5.12. The summed E-state index contributed by atoms with van der Waals surface area (Å²) in [6.45, 7) is 0.488. The van der Waals surface area contributed by atoms with Gasteiger partial charge in [-0.2, -0.15) is 0 Å². The topological polar surface area (TPSA) is 86.9 Å². The van der Waals surface area contributed by atoms with Gasteiger partial charge in [-0.1, -0.05) is 90.7 Å². The van der Waals surface area contributed by atoms with Crippen molar-refractivity contribution in [3.63, 3.8) is 0 Å². The fourth-order valence-electron chi connectivity index (χ4n) is 3.89. The van der Waals surface area contributed by atoms with Gasteiger partial charge in [0.15, 0.2) is 0 Å². The molecule has 1 atom stereocenters. The molecule has 0 aliphatic carbocycles. The molecular formula is C27H22N4O3S2. The van der Waals surface area contributed by atoms with E-state index in [-0.39, 0.29) is 29.4 Å². The molecule has 1 amide bonds. The Bertz CT molecular complexity index is 1520. The number of nitrogens with one attached hydrogen (secondary N) is 1. The number of aliphatic hydroxyl groups excluding tert-OH is 1. The predicted molar refractivity (Wildman–Crippen MR) is 147 cm³/mol. The summed E-state index contributed by atoms with van der Waals surface area (Å²) < 4.78 is 1.85. The third-order valence-corrected chi connectivity index (χ3v) is 7.13. The zero-order chi connectivity index (χ0) is 25.1. The zero-order valence-corrected chi connectivity index (χ0v) is 20.7. The number of nitrogens with zero attached hydrogens (tertiary/aromatic N) is 3. The van der Waals surface area contributed by atoms with Gasteiger partial charge in [0.2, 0.25) is 0 Å². The largest absolute Gasteiger partial charge is 0.387 e. The quantitative estimate of drug-likeness (QED) is 0.282. The minimum Gasteiger partial charge on any atom is -0.387 e. The van der Waals surface area contributed by atoms with Gasteiger partial charge in [-0.05, 0) is 29.3 Å². The Morgan fingerprint density at radius 1 is 1.00 bits per heavy atom.